The molecule has 5 aromatic rings. The van der Waals surface area contributed by atoms with Gasteiger partial charge in [0.2, 0.25) is 0 Å². The first-order valence-corrected chi connectivity index (χ1v) is 17.8. The molecular weight excluding hydrogens is 661 g/mol. The second-order valence-electron chi connectivity index (χ2n) is 12.0. The number of rotatable bonds is 12. The number of hydrogen-bond donors (Lipinski definition) is 2. The van der Waals surface area contributed by atoms with E-state index < -0.39 is 5.97 Å². The highest BCUT2D eigenvalue weighted by Gasteiger charge is 2.24. The molecule has 0 atom stereocenters. The summed E-state index contributed by atoms with van der Waals surface area (Å²) in [5, 5.41) is 19.8. The van der Waals surface area contributed by atoms with E-state index in [1.807, 2.05) is 54.5 Å². The number of allylic oxidation sites excluding steroid dienone is 1. The number of pyridine rings is 1. The van der Waals surface area contributed by atoms with Gasteiger partial charge < -0.3 is 20.1 Å². The Balaban J connectivity index is 1.24. The number of thioether (sulfide) groups is 1. The van der Waals surface area contributed by atoms with Crippen LogP contribution in [0.25, 0.3) is 27.8 Å². The van der Waals surface area contributed by atoms with Gasteiger partial charge in [0.15, 0.2) is 0 Å². The molecule has 49 heavy (non-hydrogen) atoms. The summed E-state index contributed by atoms with van der Waals surface area (Å²) in [7, 11) is 1.78. The molecule has 8 nitrogen and oxygen atoms in total. The number of ether oxygens (including phenoxy) is 1. The van der Waals surface area contributed by atoms with Crippen molar-refractivity contribution in [3.63, 3.8) is 0 Å². The average molecular weight is 700 g/mol. The molecular formula is C38H39ClFN5O3S. The van der Waals surface area contributed by atoms with Gasteiger partial charge in [0, 0.05) is 70.3 Å². The van der Waals surface area contributed by atoms with Crippen LogP contribution in [-0.4, -0.2) is 45.0 Å². The number of hydrazone groups is 1. The zero-order valence-electron chi connectivity index (χ0n) is 27.6. The number of nitrogens with zero attached hydrogens (tertiary/aromatic N) is 4. The number of halogens is 2. The predicted molar refractivity (Wildman–Crippen MR) is 197 cm³/mol. The molecule has 0 aliphatic carbocycles. The quantitative estimate of drug-likeness (QED) is 0.0762. The van der Waals surface area contributed by atoms with E-state index in [-0.39, 0.29) is 11.5 Å². The molecule has 1 saturated heterocycles. The highest BCUT2D eigenvalue weighted by molar-refractivity contribution is 7.98. The van der Waals surface area contributed by atoms with E-state index in [4.69, 9.17) is 22.1 Å². The van der Waals surface area contributed by atoms with Crippen LogP contribution in [0.15, 0.2) is 76.5 Å². The minimum atomic E-state index is -0.996. The molecule has 1 fully saturated rings. The standard InChI is InChI=1S/C38H39ClFN5O3S/c1-3-43-45-15-5-4-7-28(45)19-33-34(39)14-13-32-31(37(38(46)47)44(2)36(32)33)8-6-16-48-35-20-29(18-25-17-26(40)10-12-30(25)35)49-23-24-9-11-27(21-41)42-22-24/h3,9-14,17-20,22H,4-8,15-16,21,23,41H2,1-2H3,(H,46,47)/b28-19+,43-3+. The fourth-order valence-corrected chi connectivity index (χ4v) is 7.57. The van der Waals surface area contributed by atoms with Crippen molar-refractivity contribution in [2.75, 3.05) is 13.2 Å². The number of benzene rings is 3. The molecule has 0 spiro atoms. The topological polar surface area (TPSA) is 106 Å². The Kier molecular flexibility index (Phi) is 10.9. The largest absolute Gasteiger partial charge is 0.493 e. The summed E-state index contributed by atoms with van der Waals surface area (Å²) < 4.78 is 22.3. The number of carbonyl (C=O) groups is 1. The van der Waals surface area contributed by atoms with E-state index in [1.165, 1.54) is 12.1 Å². The van der Waals surface area contributed by atoms with Gasteiger partial charge in [-0.05, 0) is 104 Å². The number of nitrogens with two attached hydrogens (primary N) is 1. The van der Waals surface area contributed by atoms with Crippen molar-refractivity contribution in [2.45, 2.75) is 56.2 Å². The maximum atomic E-state index is 14.3. The minimum Gasteiger partial charge on any atom is -0.493 e. The second kappa shape index (κ2) is 15.4. The van der Waals surface area contributed by atoms with Crippen LogP contribution in [0.2, 0.25) is 5.02 Å². The third-order valence-corrected chi connectivity index (χ3v) is 10.2. The molecule has 0 bridgehead atoms. The molecule has 0 amide bonds. The van der Waals surface area contributed by atoms with Crippen molar-refractivity contribution in [2.24, 2.45) is 17.9 Å². The molecule has 3 heterocycles. The molecule has 254 valence electrons. The van der Waals surface area contributed by atoms with Gasteiger partial charge in [-0.3, -0.25) is 9.99 Å². The molecule has 0 radical (unpaired) electrons. The van der Waals surface area contributed by atoms with E-state index in [9.17, 15) is 14.3 Å². The molecule has 11 heteroatoms. The Morgan fingerprint density at radius 3 is 2.76 bits per heavy atom. The number of carboxylic acid groups (broad SMARTS) is 1. The van der Waals surface area contributed by atoms with Crippen LogP contribution in [0.5, 0.6) is 5.75 Å². The summed E-state index contributed by atoms with van der Waals surface area (Å²) in [4.78, 5) is 17.9. The van der Waals surface area contributed by atoms with E-state index in [2.05, 4.69) is 16.2 Å². The van der Waals surface area contributed by atoms with Gasteiger partial charge in [0.1, 0.15) is 17.3 Å². The third-order valence-electron chi connectivity index (χ3n) is 8.78. The van der Waals surface area contributed by atoms with Crippen molar-refractivity contribution in [3.05, 3.63) is 105 Å². The summed E-state index contributed by atoms with van der Waals surface area (Å²) in [6, 6.07) is 16.3. The van der Waals surface area contributed by atoms with Crippen LogP contribution in [-0.2, 0) is 25.8 Å². The predicted octanol–water partition coefficient (Wildman–Crippen LogP) is 8.81. The number of aryl methyl sites for hydroxylation is 2. The number of fused-ring (bicyclic) bond motifs is 2. The van der Waals surface area contributed by atoms with Gasteiger partial charge in [-0.1, -0.05) is 23.7 Å². The summed E-state index contributed by atoms with van der Waals surface area (Å²) in [6.45, 7) is 3.46. The lowest BCUT2D eigenvalue weighted by Gasteiger charge is -2.27. The highest BCUT2D eigenvalue weighted by Crippen LogP contribution is 2.37. The summed E-state index contributed by atoms with van der Waals surface area (Å²) in [5.41, 5.74) is 11.2. The highest BCUT2D eigenvalue weighted by atomic mass is 35.5. The number of aromatic nitrogens is 2. The Morgan fingerprint density at radius 1 is 1.16 bits per heavy atom. The van der Waals surface area contributed by atoms with Crippen LogP contribution in [0.4, 0.5) is 4.39 Å². The summed E-state index contributed by atoms with van der Waals surface area (Å²) >= 11 is 8.40. The lowest BCUT2D eigenvalue weighted by atomic mass is 10.0. The summed E-state index contributed by atoms with van der Waals surface area (Å²) in [6.07, 6.45) is 9.69. The van der Waals surface area contributed by atoms with Crippen molar-refractivity contribution >= 4 is 63.3 Å². The monoisotopic (exact) mass is 699 g/mol. The lowest BCUT2D eigenvalue weighted by molar-refractivity contribution is 0.0685. The Labute approximate surface area is 294 Å². The molecule has 3 aromatic carbocycles. The number of carboxylic acids is 1. The molecule has 1 aliphatic rings. The van der Waals surface area contributed by atoms with Crippen molar-refractivity contribution in [1.82, 2.24) is 14.6 Å². The van der Waals surface area contributed by atoms with Gasteiger partial charge in [0.05, 0.1) is 17.8 Å². The Bertz CT molecular complexity index is 2060. The summed E-state index contributed by atoms with van der Waals surface area (Å²) in [5.74, 6) is 0.0259. The van der Waals surface area contributed by atoms with Crippen molar-refractivity contribution < 1.29 is 19.0 Å². The fourth-order valence-electron chi connectivity index (χ4n) is 6.46. The van der Waals surface area contributed by atoms with Gasteiger partial charge in [-0.25, -0.2) is 9.18 Å². The molecule has 0 saturated carbocycles. The van der Waals surface area contributed by atoms with Crippen molar-refractivity contribution in [1.29, 1.82) is 0 Å². The average Bonchev–Trinajstić information content (AvgIpc) is 3.38. The Morgan fingerprint density at radius 2 is 2.00 bits per heavy atom. The second-order valence-corrected chi connectivity index (χ2v) is 13.5. The molecule has 2 aromatic heterocycles. The Hall–Kier alpha value is -4.38. The first kappa shape index (κ1) is 34.5. The fraction of sp³-hybridized carbons (Fsp3) is 0.289. The van der Waals surface area contributed by atoms with Crippen molar-refractivity contribution in [3.8, 4) is 5.75 Å². The van der Waals surface area contributed by atoms with Crippen LogP contribution in [0.1, 0.15) is 65.5 Å². The molecule has 1 aliphatic heterocycles. The minimum absolute atomic E-state index is 0.234. The maximum Gasteiger partial charge on any atom is 0.352 e. The number of aromatic carboxylic acids is 1. The first-order chi connectivity index (χ1) is 23.8. The van der Waals surface area contributed by atoms with Crippen LogP contribution in [0, 0.1) is 5.82 Å². The van der Waals surface area contributed by atoms with E-state index in [1.54, 1.807) is 35.7 Å². The van der Waals surface area contributed by atoms with E-state index in [0.717, 1.165) is 80.5 Å². The molecule has 0 unspecified atom stereocenters. The smallest absolute Gasteiger partial charge is 0.352 e. The zero-order valence-corrected chi connectivity index (χ0v) is 29.2. The van der Waals surface area contributed by atoms with Crippen LogP contribution in [0.3, 0.4) is 0 Å². The SMILES string of the molecule is C/C=N/N1CCCC/C1=C\c1c(Cl)ccc2c(CCCOc3cc(SCc4ccc(CN)nc4)cc4cc(F)ccc34)c(C(=O)O)n(C)c12. The van der Waals surface area contributed by atoms with Gasteiger partial charge in [0.25, 0.3) is 0 Å². The maximum absolute atomic E-state index is 14.3. The molecule has 3 N–H and O–H groups in total. The van der Waals surface area contributed by atoms with Gasteiger partial charge in [-0.2, -0.15) is 5.10 Å². The van der Waals surface area contributed by atoms with E-state index >= 15 is 0 Å². The number of piperidine rings is 1. The normalized spacial score (nSPS) is 14.5. The number of hydrogen-bond acceptors (Lipinski definition) is 7. The van der Waals surface area contributed by atoms with Gasteiger partial charge >= 0.3 is 5.97 Å². The van der Waals surface area contributed by atoms with Crippen LogP contribution < -0.4 is 10.5 Å². The zero-order chi connectivity index (χ0) is 34.5. The van der Waals surface area contributed by atoms with Gasteiger partial charge in [-0.15, -0.1) is 11.8 Å². The van der Waals surface area contributed by atoms with E-state index in [0.29, 0.717) is 42.5 Å². The molecule has 6 rings (SSSR count). The first-order valence-electron chi connectivity index (χ1n) is 16.4. The van der Waals surface area contributed by atoms with Crippen LogP contribution >= 0.6 is 23.4 Å². The third kappa shape index (κ3) is 7.61. The lowest BCUT2D eigenvalue weighted by Crippen LogP contribution is -2.22.